The number of amides is 2. The molecule has 0 spiro atoms. The molecule has 0 aliphatic carbocycles. The number of benzene rings is 2. The first-order chi connectivity index (χ1) is 12.6. The van der Waals surface area contributed by atoms with Crippen molar-refractivity contribution in [3.05, 3.63) is 65.2 Å². The molecule has 2 amide bonds. The van der Waals surface area contributed by atoms with E-state index in [1.807, 2.05) is 37.3 Å². The average Bonchev–Trinajstić information content (AvgIpc) is 2.68. The summed E-state index contributed by atoms with van der Waals surface area (Å²) in [6.45, 7) is 3.69. The number of nitrogens with one attached hydrogen (secondary N) is 2. The van der Waals surface area contributed by atoms with Gasteiger partial charge in [0.25, 0.3) is 5.91 Å². The van der Waals surface area contributed by atoms with Crippen LogP contribution in [0, 0.1) is 12.8 Å². The van der Waals surface area contributed by atoms with Gasteiger partial charge in [-0.15, -0.1) is 0 Å². The fourth-order valence-electron chi connectivity index (χ4n) is 2.97. The highest BCUT2D eigenvalue weighted by molar-refractivity contribution is 6.04. The molecule has 1 aliphatic rings. The molecule has 3 rings (SSSR count). The van der Waals surface area contributed by atoms with Crippen LogP contribution >= 0.6 is 0 Å². The van der Waals surface area contributed by atoms with Gasteiger partial charge in [-0.05, 0) is 37.5 Å². The van der Waals surface area contributed by atoms with E-state index in [9.17, 15) is 9.59 Å². The third-order valence-electron chi connectivity index (χ3n) is 4.60. The fourth-order valence-corrected chi connectivity index (χ4v) is 2.97. The zero-order valence-corrected chi connectivity index (χ0v) is 15.0. The summed E-state index contributed by atoms with van der Waals surface area (Å²) in [5.41, 5.74) is 3.24. The van der Waals surface area contributed by atoms with E-state index in [1.54, 1.807) is 18.2 Å². The lowest BCUT2D eigenvalue weighted by Crippen LogP contribution is -2.30. The molecule has 26 heavy (non-hydrogen) atoms. The second-order valence-electron chi connectivity index (χ2n) is 6.59. The Bertz CT molecular complexity index is 765. The Morgan fingerprint density at radius 3 is 2.46 bits per heavy atom. The molecular formula is C21H24N2O3. The molecule has 0 atom stereocenters. The quantitative estimate of drug-likeness (QED) is 0.868. The second kappa shape index (κ2) is 8.63. The van der Waals surface area contributed by atoms with Gasteiger partial charge in [0.15, 0.2) is 0 Å². The highest BCUT2D eigenvalue weighted by Gasteiger charge is 2.23. The molecule has 1 heterocycles. The van der Waals surface area contributed by atoms with Crippen molar-refractivity contribution in [2.75, 3.05) is 18.5 Å². The number of para-hydroxylation sites is 1. The standard InChI is InChI=1S/C21H24N2O3/c1-15-6-8-16(9-7-15)14-22-21(25)18-4-2-3-5-19(18)23-20(24)17-10-12-26-13-11-17/h2-9,17H,10-14H2,1H3,(H,22,25)(H,23,24). The maximum Gasteiger partial charge on any atom is 0.253 e. The number of hydrogen-bond donors (Lipinski definition) is 2. The number of ether oxygens (including phenoxy) is 1. The van der Waals surface area contributed by atoms with Crippen LogP contribution in [0.15, 0.2) is 48.5 Å². The number of carbonyl (C=O) groups excluding carboxylic acids is 2. The first kappa shape index (κ1) is 18.1. The highest BCUT2D eigenvalue weighted by Crippen LogP contribution is 2.20. The normalized spacial score (nSPS) is 14.7. The summed E-state index contributed by atoms with van der Waals surface area (Å²) in [6, 6.07) is 15.1. The third-order valence-corrected chi connectivity index (χ3v) is 4.60. The fraction of sp³-hybridized carbons (Fsp3) is 0.333. The Hall–Kier alpha value is -2.66. The van der Waals surface area contributed by atoms with Crippen molar-refractivity contribution in [3.63, 3.8) is 0 Å². The number of hydrogen-bond acceptors (Lipinski definition) is 3. The Balaban J connectivity index is 1.64. The molecule has 136 valence electrons. The van der Waals surface area contributed by atoms with Crippen molar-refractivity contribution in [3.8, 4) is 0 Å². The van der Waals surface area contributed by atoms with Gasteiger partial charge in [0.05, 0.1) is 11.3 Å². The minimum Gasteiger partial charge on any atom is -0.381 e. The molecule has 2 N–H and O–H groups in total. The summed E-state index contributed by atoms with van der Waals surface area (Å²) in [6.07, 6.45) is 1.43. The van der Waals surface area contributed by atoms with Gasteiger partial charge in [-0.2, -0.15) is 0 Å². The molecule has 1 saturated heterocycles. The van der Waals surface area contributed by atoms with Crippen LogP contribution in [-0.2, 0) is 16.1 Å². The predicted molar refractivity (Wildman–Crippen MR) is 101 cm³/mol. The number of rotatable bonds is 5. The van der Waals surface area contributed by atoms with Crippen LogP contribution in [0.2, 0.25) is 0 Å². The van der Waals surface area contributed by atoms with E-state index in [0.717, 1.165) is 5.56 Å². The molecule has 0 saturated carbocycles. The van der Waals surface area contributed by atoms with Gasteiger partial charge in [0, 0.05) is 25.7 Å². The van der Waals surface area contributed by atoms with E-state index >= 15 is 0 Å². The van der Waals surface area contributed by atoms with Gasteiger partial charge < -0.3 is 15.4 Å². The van der Waals surface area contributed by atoms with Crippen LogP contribution in [0.3, 0.4) is 0 Å². The molecule has 5 nitrogen and oxygen atoms in total. The minimum absolute atomic E-state index is 0.0490. The van der Waals surface area contributed by atoms with Crippen molar-refractivity contribution >= 4 is 17.5 Å². The monoisotopic (exact) mass is 352 g/mol. The summed E-state index contributed by atoms with van der Waals surface area (Å²) in [4.78, 5) is 25.0. The topological polar surface area (TPSA) is 67.4 Å². The lowest BCUT2D eigenvalue weighted by molar-refractivity contribution is -0.122. The maximum atomic E-state index is 12.6. The molecule has 0 radical (unpaired) electrons. The molecular weight excluding hydrogens is 328 g/mol. The molecule has 0 aromatic heterocycles. The number of aryl methyl sites for hydroxylation is 1. The zero-order valence-electron chi connectivity index (χ0n) is 15.0. The summed E-state index contributed by atoms with van der Waals surface area (Å²) in [5, 5.41) is 5.83. The predicted octanol–water partition coefficient (Wildman–Crippen LogP) is 3.29. The minimum atomic E-state index is -0.201. The molecule has 0 bridgehead atoms. The smallest absolute Gasteiger partial charge is 0.253 e. The van der Waals surface area contributed by atoms with Gasteiger partial charge in [-0.3, -0.25) is 9.59 Å². The van der Waals surface area contributed by atoms with E-state index in [4.69, 9.17) is 4.74 Å². The first-order valence-electron chi connectivity index (χ1n) is 8.95. The molecule has 2 aromatic rings. The van der Waals surface area contributed by atoms with Crippen LogP contribution in [0.4, 0.5) is 5.69 Å². The average molecular weight is 352 g/mol. The second-order valence-corrected chi connectivity index (χ2v) is 6.59. The van der Waals surface area contributed by atoms with Crippen molar-refractivity contribution in [1.29, 1.82) is 0 Å². The summed E-state index contributed by atoms with van der Waals surface area (Å²) < 4.78 is 5.30. The van der Waals surface area contributed by atoms with Crippen molar-refractivity contribution in [2.45, 2.75) is 26.3 Å². The Kier molecular flexibility index (Phi) is 6.02. The van der Waals surface area contributed by atoms with Crippen LogP contribution in [0.5, 0.6) is 0 Å². The SMILES string of the molecule is Cc1ccc(CNC(=O)c2ccccc2NC(=O)C2CCOCC2)cc1. The Morgan fingerprint density at radius 1 is 1.04 bits per heavy atom. The van der Waals surface area contributed by atoms with E-state index < -0.39 is 0 Å². The van der Waals surface area contributed by atoms with Gasteiger partial charge >= 0.3 is 0 Å². The maximum absolute atomic E-state index is 12.6. The molecule has 1 aliphatic heterocycles. The van der Waals surface area contributed by atoms with E-state index in [1.165, 1.54) is 5.56 Å². The van der Waals surface area contributed by atoms with E-state index in [2.05, 4.69) is 10.6 Å². The van der Waals surface area contributed by atoms with Gasteiger partial charge in [0.1, 0.15) is 0 Å². The summed E-state index contributed by atoms with van der Waals surface area (Å²) >= 11 is 0. The van der Waals surface area contributed by atoms with Crippen LogP contribution in [0.1, 0.15) is 34.3 Å². The highest BCUT2D eigenvalue weighted by atomic mass is 16.5. The molecule has 5 heteroatoms. The number of carbonyl (C=O) groups is 2. The third kappa shape index (κ3) is 4.70. The molecule has 1 fully saturated rings. The van der Waals surface area contributed by atoms with Crippen LogP contribution in [-0.4, -0.2) is 25.0 Å². The summed E-state index contributed by atoms with van der Waals surface area (Å²) in [5.74, 6) is -0.312. The molecule has 0 unspecified atom stereocenters. The summed E-state index contributed by atoms with van der Waals surface area (Å²) in [7, 11) is 0. The Morgan fingerprint density at radius 2 is 1.73 bits per heavy atom. The number of anilines is 1. The van der Waals surface area contributed by atoms with E-state index in [-0.39, 0.29) is 17.7 Å². The zero-order chi connectivity index (χ0) is 18.4. The van der Waals surface area contributed by atoms with Crippen molar-refractivity contribution < 1.29 is 14.3 Å². The van der Waals surface area contributed by atoms with Gasteiger partial charge in [0.2, 0.25) is 5.91 Å². The van der Waals surface area contributed by atoms with Crippen molar-refractivity contribution in [1.82, 2.24) is 5.32 Å². The lowest BCUT2D eigenvalue weighted by atomic mass is 9.99. The van der Waals surface area contributed by atoms with E-state index in [0.29, 0.717) is 43.9 Å². The van der Waals surface area contributed by atoms with Crippen molar-refractivity contribution in [2.24, 2.45) is 5.92 Å². The lowest BCUT2D eigenvalue weighted by Gasteiger charge is -2.21. The van der Waals surface area contributed by atoms with Crippen LogP contribution < -0.4 is 10.6 Å². The van der Waals surface area contributed by atoms with Gasteiger partial charge in [-0.25, -0.2) is 0 Å². The first-order valence-corrected chi connectivity index (χ1v) is 8.95. The van der Waals surface area contributed by atoms with Crippen LogP contribution in [0.25, 0.3) is 0 Å². The largest absolute Gasteiger partial charge is 0.381 e. The molecule has 2 aromatic carbocycles. The Labute approximate surface area is 153 Å². The van der Waals surface area contributed by atoms with Gasteiger partial charge in [-0.1, -0.05) is 42.0 Å².